The molecule has 21 nitrogen and oxygen atoms in total. The third kappa shape index (κ3) is 16.2. The number of carbonyl (C=O) groups excluding carboxylic acids is 5. The molecule has 1 aliphatic heterocycles. The molecule has 21 heteroatoms. The molecule has 0 unspecified atom stereocenters. The highest BCUT2D eigenvalue weighted by Gasteiger charge is 2.40. The number of carboxylic acids is 2. The Morgan fingerprint density at radius 2 is 1.31 bits per heavy atom. The zero-order valence-corrected chi connectivity index (χ0v) is 31.6. The predicted octanol–water partition coefficient (Wildman–Crippen LogP) is -3.00. The fourth-order valence-corrected chi connectivity index (χ4v) is 5.71. The number of nitrogens with one attached hydrogen (secondary N) is 4. The van der Waals surface area contributed by atoms with Crippen molar-refractivity contribution < 1.29 is 43.8 Å². The van der Waals surface area contributed by atoms with Crippen LogP contribution in [0.1, 0.15) is 85.5 Å². The first kappa shape index (κ1) is 46.8. The minimum absolute atomic E-state index is 0.00732. The van der Waals surface area contributed by atoms with Gasteiger partial charge in [0, 0.05) is 26.1 Å². The van der Waals surface area contributed by atoms with Crippen molar-refractivity contribution in [1.29, 1.82) is 0 Å². The highest BCUT2D eigenvalue weighted by molar-refractivity contribution is 5.97. The van der Waals surface area contributed by atoms with Gasteiger partial charge < -0.3 is 65.0 Å². The maximum Gasteiger partial charge on any atom is 0.326 e. The molecule has 0 aromatic carbocycles. The molecule has 1 aliphatic rings. The van der Waals surface area contributed by atoms with Crippen LogP contribution < -0.4 is 49.9 Å². The molecule has 1 fully saturated rings. The standard InChI is InChI=1S/C33H60N12O9/c1-5-18(4)25(44-28(50)24(17(2)3)43-26(48)19(34)9-6-14-39-32(35)36)29(51)41-20(12-13-23(46)47)30(52)45-16-8-11-22(45)27(49)42-21(31(53)54)10-7-15-40-33(37)38/h17-22,24-25H,5-16,34H2,1-4H3,(H,41,51)(H,42,49)(H,43,48)(H,44,50)(H,46,47)(H,53,54)(H4,35,36,39)(H4,37,38,40)/t18-,19-,20-,21-,22-,24-,25-/m0/s1. The maximum absolute atomic E-state index is 13.9. The van der Waals surface area contributed by atoms with Gasteiger partial charge in [-0.1, -0.05) is 34.1 Å². The summed E-state index contributed by atoms with van der Waals surface area (Å²) >= 11 is 0. The molecule has 0 aromatic heterocycles. The monoisotopic (exact) mass is 768 g/mol. The largest absolute Gasteiger partial charge is 0.481 e. The molecule has 1 rings (SSSR count). The Labute approximate surface area is 315 Å². The van der Waals surface area contributed by atoms with Gasteiger partial charge >= 0.3 is 11.9 Å². The van der Waals surface area contributed by atoms with Crippen LogP contribution in [0, 0.1) is 11.8 Å². The number of amides is 5. The van der Waals surface area contributed by atoms with Crippen LogP contribution >= 0.6 is 0 Å². The van der Waals surface area contributed by atoms with E-state index in [0.29, 0.717) is 19.3 Å². The van der Waals surface area contributed by atoms with Crippen LogP contribution in [0.15, 0.2) is 9.98 Å². The number of hydrogen-bond acceptors (Lipinski definition) is 10. The van der Waals surface area contributed by atoms with Crippen molar-refractivity contribution in [3.05, 3.63) is 0 Å². The molecule has 306 valence electrons. The average Bonchev–Trinajstić information content (AvgIpc) is 3.59. The summed E-state index contributed by atoms with van der Waals surface area (Å²) in [6.45, 7) is 7.37. The highest BCUT2D eigenvalue weighted by Crippen LogP contribution is 2.21. The lowest BCUT2D eigenvalue weighted by molar-refractivity contribution is -0.145. The van der Waals surface area contributed by atoms with Crippen LogP contribution in [-0.4, -0.2) is 124 Å². The molecule has 5 amide bonds. The Hall–Kier alpha value is -5.21. The third-order valence-corrected chi connectivity index (χ3v) is 9.00. The first-order valence-electron chi connectivity index (χ1n) is 18.1. The third-order valence-electron chi connectivity index (χ3n) is 9.00. The molecule has 0 radical (unpaired) electrons. The first-order valence-corrected chi connectivity index (χ1v) is 18.1. The minimum Gasteiger partial charge on any atom is -0.481 e. The molecule has 0 bridgehead atoms. The molecular formula is C33H60N12O9. The Morgan fingerprint density at radius 3 is 1.83 bits per heavy atom. The van der Waals surface area contributed by atoms with Crippen LogP contribution in [0.2, 0.25) is 0 Å². The molecule has 1 saturated heterocycles. The number of carbonyl (C=O) groups is 7. The lowest BCUT2D eigenvalue weighted by Crippen LogP contribution is -2.61. The second kappa shape index (κ2) is 23.5. The van der Waals surface area contributed by atoms with E-state index in [9.17, 15) is 43.8 Å². The van der Waals surface area contributed by atoms with E-state index in [1.807, 2.05) is 0 Å². The summed E-state index contributed by atoms with van der Waals surface area (Å²) in [5.41, 5.74) is 27.3. The van der Waals surface area contributed by atoms with Crippen molar-refractivity contribution in [3.8, 4) is 0 Å². The van der Waals surface area contributed by atoms with Crippen LogP contribution in [0.3, 0.4) is 0 Å². The van der Waals surface area contributed by atoms with Crippen molar-refractivity contribution in [1.82, 2.24) is 26.2 Å². The molecule has 0 aliphatic carbocycles. The fraction of sp³-hybridized carbons (Fsp3) is 0.727. The number of nitrogens with two attached hydrogens (primary N) is 5. The topological polar surface area (TPSA) is 366 Å². The van der Waals surface area contributed by atoms with Crippen molar-refractivity contribution in [2.75, 3.05) is 19.6 Å². The summed E-state index contributed by atoms with van der Waals surface area (Å²) in [5.74, 6) is -7.20. The van der Waals surface area contributed by atoms with E-state index in [0.717, 1.165) is 0 Å². The number of guanidine groups is 2. The summed E-state index contributed by atoms with van der Waals surface area (Å²) < 4.78 is 0. The average molecular weight is 769 g/mol. The SMILES string of the molecule is CC[C@H](C)[C@H](NC(=O)[C@@H](NC(=O)[C@@H](N)CCCN=C(N)N)C(C)C)C(=O)N[C@@H](CCC(=O)O)C(=O)N1CCC[C@H]1C(=O)N[C@@H](CCCN=C(N)N)C(=O)O. The van der Waals surface area contributed by atoms with E-state index in [4.69, 9.17) is 28.7 Å². The Kier molecular flexibility index (Phi) is 20.3. The number of hydrogen-bond donors (Lipinski definition) is 11. The number of carboxylic acid groups (broad SMARTS) is 2. The molecule has 54 heavy (non-hydrogen) atoms. The predicted molar refractivity (Wildman–Crippen MR) is 199 cm³/mol. The van der Waals surface area contributed by atoms with Gasteiger partial charge in [-0.15, -0.1) is 0 Å². The molecule has 16 N–H and O–H groups in total. The minimum atomic E-state index is -1.40. The number of rotatable bonds is 24. The van der Waals surface area contributed by atoms with Gasteiger partial charge in [-0.25, -0.2) is 4.79 Å². The van der Waals surface area contributed by atoms with E-state index in [1.54, 1.807) is 27.7 Å². The molecule has 1 heterocycles. The molecular weight excluding hydrogens is 708 g/mol. The van der Waals surface area contributed by atoms with E-state index < -0.39 is 96.0 Å². The van der Waals surface area contributed by atoms with Crippen molar-refractivity contribution in [2.24, 2.45) is 50.5 Å². The van der Waals surface area contributed by atoms with E-state index in [2.05, 4.69) is 31.3 Å². The number of aliphatic imine (C=N–C) groups is 2. The van der Waals surface area contributed by atoms with Gasteiger partial charge in [0.05, 0.1) is 6.04 Å². The van der Waals surface area contributed by atoms with Crippen LogP contribution in [-0.2, 0) is 33.6 Å². The van der Waals surface area contributed by atoms with Gasteiger partial charge in [-0.3, -0.25) is 38.8 Å². The second-order valence-corrected chi connectivity index (χ2v) is 13.7. The first-order chi connectivity index (χ1) is 25.3. The highest BCUT2D eigenvalue weighted by atomic mass is 16.4. The Balaban J connectivity index is 3.17. The second-order valence-electron chi connectivity index (χ2n) is 13.7. The van der Waals surface area contributed by atoms with E-state index >= 15 is 0 Å². The van der Waals surface area contributed by atoms with Crippen LogP contribution in [0.5, 0.6) is 0 Å². The van der Waals surface area contributed by atoms with Crippen molar-refractivity contribution in [2.45, 2.75) is 122 Å². The summed E-state index contributed by atoms with van der Waals surface area (Å²) in [6.07, 6.45) is 1.07. The summed E-state index contributed by atoms with van der Waals surface area (Å²) in [7, 11) is 0. The quantitative estimate of drug-likeness (QED) is 0.0265. The van der Waals surface area contributed by atoms with Gasteiger partial charge in [0.2, 0.25) is 29.5 Å². The number of nitrogens with zero attached hydrogens (tertiary/aromatic N) is 3. The summed E-state index contributed by atoms with van der Waals surface area (Å²) in [6, 6.07) is -7.04. The number of likely N-dealkylation sites (tertiary alicyclic amines) is 1. The van der Waals surface area contributed by atoms with E-state index in [-0.39, 0.29) is 63.7 Å². The van der Waals surface area contributed by atoms with Gasteiger partial charge in [-0.05, 0) is 56.8 Å². The van der Waals surface area contributed by atoms with Gasteiger partial charge in [-0.2, -0.15) is 0 Å². The van der Waals surface area contributed by atoms with Crippen molar-refractivity contribution in [3.63, 3.8) is 0 Å². The fourth-order valence-electron chi connectivity index (χ4n) is 5.71. The summed E-state index contributed by atoms with van der Waals surface area (Å²) in [4.78, 5) is 99.8. The zero-order valence-electron chi connectivity index (χ0n) is 31.6. The molecule has 7 atom stereocenters. The molecule has 0 spiro atoms. The van der Waals surface area contributed by atoms with Gasteiger partial charge in [0.25, 0.3) is 0 Å². The van der Waals surface area contributed by atoms with Gasteiger partial charge in [0.15, 0.2) is 11.9 Å². The smallest absolute Gasteiger partial charge is 0.326 e. The number of aliphatic carboxylic acids is 2. The van der Waals surface area contributed by atoms with Crippen LogP contribution in [0.25, 0.3) is 0 Å². The molecule has 0 saturated carbocycles. The van der Waals surface area contributed by atoms with Crippen LogP contribution in [0.4, 0.5) is 0 Å². The lowest BCUT2D eigenvalue weighted by atomic mass is 9.95. The van der Waals surface area contributed by atoms with E-state index in [1.165, 1.54) is 4.90 Å². The normalized spacial score (nSPS) is 17.1. The zero-order chi connectivity index (χ0) is 41.1. The maximum atomic E-state index is 13.9. The lowest BCUT2D eigenvalue weighted by Gasteiger charge is -2.32. The Bertz CT molecular complexity index is 1370. The Morgan fingerprint density at radius 1 is 0.759 bits per heavy atom. The summed E-state index contributed by atoms with van der Waals surface area (Å²) in [5, 5.41) is 29.5. The van der Waals surface area contributed by atoms with Crippen molar-refractivity contribution >= 4 is 53.4 Å². The van der Waals surface area contributed by atoms with Gasteiger partial charge in [0.1, 0.15) is 30.2 Å². The molecule has 0 aromatic rings.